The highest BCUT2D eigenvalue weighted by molar-refractivity contribution is 9.10. The fourth-order valence-electron chi connectivity index (χ4n) is 10.2. The Kier molecular flexibility index (Phi) is 16.2. The minimum absolute atomic E-state index is 0.0808. The van der Waals surface area contributed by atoms with Crippen LogP contribution < -0.4 is 20.9 Å². The van der Waals surface area contributed by atoms with Crippen LogP contribution in [0, 0.1) is 0 Å². The molecule has 83 heavy (non-hydrogen) atoms. The number of halogens is 1. The molecule has 0 saturated heterocycles. The van der Waals surface area contributed by atoms with Crippen LogP contribution in [0.3, 0.4) is 0 Å². The van der Waals surface area contributed by atoms with Crippen molar-refractivity contribution in [2.24, 2.45) is 0 Å². The molecule has 0 bridgehead atoms. The van der Waals surface area contributed by atoms with E-state index in [0.29, 0.717) is 5.69 Å². The third-order valence-corrected chi connectivity index (χ3v) is 15.4. The molecular weight excluding hydrogens is 1080 g/mol. The average Bonchev–Trinajstić information content (AvgIpc) is 4.23. The van der Waals surface area contributed by atoms with E-state index in [0.717, 1.165) is 94.4 Å². The van der Waals surface area contributed by atoms with Gasteiger partial charge in [0.05, 0.1) is 11.4 Å². The largest absolute Gasteiger partial charge is 0.454 e. The molecule has 3 N–H and O–H groups in total. The molecule has 0 atom stereocenters. The highest BCUT2D eigenvalue weighted by atomic mass is 79.9. The van der Waals surface area contributed by atoms with Crippen LogP contribution in [-0.2, 0) is 21.7 Å². The van der Waals surface area contributed by atoms with Crippen LogP contribution in [0.4, 0.5) is 51.6 Å². The fraction of sp³-hybridized carbons (Fsp3) is 0.216. The lowest BCUT2D eigenvalue weighted by Crippen LogP contribution is -2.15. The minimum atomic E-state index is 0.0808. The molecule has 0 amide bonds. The first-order chi connectivity index (χ1) is 39.5. The maximum absolute atomic E-state index is 6.25. The second-order valence-corrected chi connectivity index (χ2v) is 26.1. The topological polar surface area (TPSA) is 96.6 Å². The lowest BCUT2D eigenvalue weighted by Gasteiger charge is -2.27. The van der Waals surface area contributed by atoms with Crippen LogP contribution in [0.1, 0.15) is 105 Å². The van der Waals surface area contributed by atoms with Crippen LogP contribution in [0.15, 0.2) is 232 Å². The first-order valence-electron chi connectivity index (χ1n) is 28.4. The number of anilines is 9. The van der Waals surface area contributed by atoms with Gasteiger partial charge in [0.15, 0.2) is 11.2 Å². The SMILES string of the molecule is CC(C)(C)c1ccc(N(c2ccc(C(C)(C)C)cc2)c2cccc(Br)n2)cc1.CC(C)(C)c1ccc(N(c2ccc(C(C)(C)C)cc2)c2cccc(Nc3cccc4c3oc3ccccc34)n2)cc1.Nc1cccc2c1oc1ccccc12. The van der Waals surface area contributed by atoms with Gasteiger partial charge in [0.1, 0.15) is 33.2 Å². The van der Waals surface area contributed by atoms with Gasteiger partial charge in [-0.25, -0.2) is 9.97 Å². The van der Waals surface area contributed by atoms with Gasteiger partial charge in [-0.1, -0.05) is 204 Å². The highest BCUT2D eigenvalue weighted by Gasteiger charge is 2.22. The fourth-order valence-corrected chi connectivity index (χ4v) is 10.5. The third kappa shape index (κ3) is 13.0. The number of aromatic nitrogens is 2. The molecule has 8 aromatic carbocycles. The predicted molar refractivity (Wildman–Crippen MR) is 355 cm³/mol. The van der Waals surface area contributed by atoms with Crippen molar-refractivity contribution in [3.05, 3.63) is 245 Å². The summed E-state index contributed by atoms with van der Waals surface area (Å²) in [6.45, 7) is 26.9. The number of nitrogens with two attached hydrogens (primary N) is 1. The van der Waals surface area contributed by atoms with Gasteiger partial charge in [0.25, 0.3) is 0 Å². The number of para-hydroxylation sites is 4. The molecule has 0 aliphatic rings. The van der Waals surface area contributed by atoms with Crippen LogP contribution in [-0.4, -0.2) is 9.97 Å². The van der Waals surface area contributed by atoms with Gasteiger partial charge in [0, 0.05) is 44.3 Å². The predicted octanol–water partition coefficient (Wildman–Crippen LogP) is 21.9. The number of pyridine rings is 2. The molecule has 12 rings (SSSR count). The van der Waals surface area contributed by atoms with Crippen LogP contribution in [0.5, 0.6) is 0 Å². The molecule has 4 heterocycles. The summed E-state index contributed by atoms with van der Waals surface area (Å²) in [6.07, 6.45) is 0. The number of fused-ring (bicyclic) bond motifs is 6. The van der Waals surface area contributed by atoms with E-state index in [1.807, 2.05) is 97.1 Å². The van der Waals surface area contributed by atoms with Crippen molar-refractivity contribution in [1.82, 2.24) is 9.97 Å². The lowest BCUT2D eigenvalue weighted by molar-refractivity contribution is 0.590. The maximum atomic E-state index is 6.25. The first kappa shape index (κ1) is 57.6. The van der Waals surface area contributed by atoms with E-state index < -0.39 is 0 Å². The van der Waals surface area contributed by atoms with Crippen molar-refractivity contribution in [2.75, 3.05) is 20.9 Å². The van der Waals surface area contributed by atoms with Crippen molar-refractivity contribution < 1.29 is 8.83 Å². The Morgan fingerprint density at radius 2 is 0.711 bits per heavy atom. The van der Waals surface area contributed by atoms with E-state index in [1.54, 1.807) is 0 Å². The Balaban J connectivity index is 0.000000157. The monoisotopic (exact) mass is 1160 g/mol. The summed E-state index contributed by atoms with van der Waals surface area (Å²) in [5.74, 6) is 2.47. The summed E-state index contributed by atoms with van der Waals surface area (Å²) >= 11 is 3.51. The Labute approximate surface area is 498 Å². The first-order valence-corrected chi connectivity index (χ1v) is 29.2. The summed E-state index contributed by atoms with van der Waals surface area (Å²) in [5.41, 5.74) is 20.8. The van der Waals surface area contributed by atoms with Gasteiger partial charge < -0.3 is 19.9 Å². The maximum Gasteiger partial charge on any atom is 0.158 e. The van der Waals surface area contributed by atoms with E-state index in [4.69, 9.17) is 24.5 Å². The normalized spacial score (nSPS) is 12.0. The van der Waals surface area contributed by atoms with E-state index in [9.17, 15) is 0 Å². The highest BCUT2D eigenvalue weighted by Crippen LogP contribution is 2.40. The second-order valence-electron chi connectivity index (χ2n) is 25.3. The molecule has 0 aliphatic heterocycles. The zero-order valence-electron chi connectivity index (χ0n) is 49.8. The number of benzene rings is 8. The zero-order chi connectivity index (χ0) is 58.8. The van der Waals surface area contributed by atoms with Gasteiger partial charge in [-0.2, -0.15) is 0 Å². The summed E-state index contributed by atoms with van der Waals surface area (Å²) in [5, 5.41) is 7.93. The second kappa shape index (κ2) is 23.3. The molecule has 9 heteroatoms. The van der Waals surface area contributed by atoms with Crippen LogP contribution in [0.25, 0.3) is 43.9 Å². The molecule has 0 saturated carbocycles. The summed E-state index contributed by atoms with van der Waals surface area (Å²) in [4.78, 5) is 14.2. The van der Waals surface area contributed by atoms with Crippen molar-refractivity contribution in [2.45, 2.75) is 105 Å². The van der Waals surface area contributed by atoms with Gasteiger partial charge in [-0.05, 0) is 157 Å². The molecular formula is C74H75BrN6O2. The minimum Gasteiger partial charge on any atom is -0.454 e. The zero-order valence-corrected chi connectivity index (χ0v) is 51.4. The van der Waals surface area contributed by atoms with Gasteiger partial charge in [-0.3, -0.25) is 9.80 Å². The quantitative estimate of drug-likeness (QED) is 0.115. The smallest absolute Gasteiger partial charge is 0.158 e. The van der Waals surface area contributed by atoms with Crippen molar-refractivity contribution >= 4 is 111 Å². The number of nitrogens with one attached hydrogen (secondary N) is 1. The molecule has 420 valence electrons. The van der Waals surface area contributed by atoms with Gasteiger partial charge in [0.2, 0.25) is 0 Å². The van der Waals surface area contributed by atoms with Crippen LogP contribution in [0.2, 0.25) is 0 Å². The van der Waals surface area contributed by atoms with E-state index in [1.165, 1.54) is 22.3 Å². The molecule has 4 aromatic heterocycles. The molecule has 8 nitrogen and oxygen atoms in total. The molecule has 0 fully saturated rings. The van der Waals surface area contributed by atoms with Crippen molar-refractivity contribution in [3.8, 4) is 0 Å². The Hall–Kier alpha value is -8.66. The molecule has 0 spiro atoms. The summed E-state index contributed by atoms with van der Waals surface area (Å²) in [6, 6.07) is 75.4. The molecule has 0 unspecified atom stereocenters. The van der Waals surface area contributed by atoms with Crippen molar-refractivity contribution in [1.29, 1.82) is 0 Å². The Morgan fingerprint density at radius 1 is 0.361 bits per heavy atom. The van der Waals surface area contributed by atoms with E-state index in [-0.39, 0.29) is 21.7 Å². The van der Waals surface area contributed by atoms with Crippen LogP contribution >= 0.6 is 15.9 Å². The van der Waals surface area contributed by atoms with E-state index >= 15 is 0 Å². The Bertz CT molecular complexity index is 4060. The van der Waals surface area contributed by atoms with Gasteiger partial charge >= 0.3 is 0 Å². The standard InChI is InChI=1S/C37H37N3O.C25H29BrN2.C12H9NO/c1-36(2,3)25-17-21-27(22-18-25)40(28-23-19-26(20-24-28)37(4,5)6)34-16-10-15-33(39-34)38-31-13-9-12-30-29-11-7-8-14-32(29)41-35(30)31;1-24(2,3)18-10-14-20(15-11-18)28(23-9-7-8-22(26)27-23)21-16-12-19(13-17-21)25(4,5)6;13-10-6-3-5-9-8-4-1-2-7-11(8)14-12(9)10/h7-24H,1-6H3,(H,38,39);7-17H,1-6H3;1-7H,13H2. The number of furan rings is 2. The molecule has 0 radical (unpaired) electrons. The van der Waals surface area contributed by atoms with E-state index in [2.05, 4.69) is 235 Å². The van der Waals surface area contributed by atoms with Gasteiger partial charge in [-0.15, -0.1) is 0 Å². The molecule has 12 aromatic rings. The average molecular weight is 1160 g/mol. The lowest BCUT2D eigenvalue weighted by atomic mass is 9.86. The number of nitrogen functional groups attached to an aromatic ring is 1. The number of hydrogen-bond donors (Lipinski definition) is 2. The number of hydrogen-bond acceptors (Lipinski definition) is 8. The number of rotatable bonds is 8. The third-order valence-electron chi connectivity index (χ3n) is 15.0. The summed E-state index contributed by atoms with van der Waals surface area (Å²) in [7, 11) is 0. The number of nitrogens with zero attached hydrogens (tertiary/aromatic N) is 4. The van der Waals surface area contributed by atoms with Crippen molar-refractivity contribution in [3.63, 3.8) is 0 Å². The summed E-state index contributed by atoms with van der Waals surface area (Å²) < 4.78 is 12.7. The Morgan fingerprint density at radius 3 is 1.13 bits per heavy atom. The molecule has 0 aliphatic carbocycles.